The molecule has 0 spiro atoms. The molecule has 0 atom stereocenters. The summed E-state index contributed by atoms with van der Waals surface area (Å²) in [7, 11) is -3.52. The van der Waals surface area contributed by atoms with E-state index in [1.54, 1.807) is 29.2 Å². The summed E-state index contributed by atoms with van der Waals surface area (Å²) in [5, 5.41) is 0.923. The van der Waals surface area contributed by atoms with Crippen LogP contribution in [0.4, 0.5) is 5.69 Å². The third kappa shape index (κ3) is 3.48. The van der Waals surface area contributed by atoms with Crippen molar-refractivity contribution in [3.05, 3.63) is 65.4 Å². The predicted molar refractivity (Wildman–Crippen MR) is 118 cm³/mol. The molecule has 156 valence electrons. The number of aryl methyl sites for hydroxylation is 1. The number of pyridine rings is 1. The normalized spacial score (nSPS) is 13.8. The van der Waals surface area contributed by atoms with Gasteiger partial charge in [-0.3, -0.25) is 9.78 Å². The van der Waals surface area contributed by atoms with Crippen LogP contribution in [0.5, 0.6) is 0 Å². The predicted octanol–water partition coefficient (Wildman–Crippen LogP) is 3.78. The smallest absolute Gasteiger partial charge is 0.258 e. The lowest BCUT2D eigenvalue weighted by molar-refractivity contribution is 0.0989. The molecule has 0 aliphatic carbocycles. The highest BCUT2D eigenvalue weighted by molar-refractivity contribution is 7.89. The summed E-state index contributed by atoms with van der Waals surface area (Å²) in [5.74, 6) is -0.0874. The van der Waals surface area contributed by atoms with Gasteiger partial charge in [0.05, 0.1) is 10.4 Å². The van der Waals surface area contributed by atoms with Gasteiger partial charge in [0, 0.05) is 42.0 Å². The van der Waals surface area contributed by atoms with E-state index < -0.39 is 10.0 Å². The molecule has 3 aromatic rings. The van der Waals surface area contributed by atoms with Crippen LogP contribution in [0.1, 0.15) is 35.5 Å². The van der Waals surface area contributed by atoms with Crippen LogP contribution >= 0.6 is 0 Å². The van der Waals surface area contributed by atoms with Crippen molar-refractivity contribution < 1.29 is 13.2 Å². The number of anilines is 1. The van der Waals surface area contributed by atoms with Crippen LogP contribution in [-0.4, -0.2) is 43.2 Å². The maximum absolute atomic E-state index is 13.2. The van der Waals surface area contributed by atoms with E-state index in [4.69, 9.17) is 0 Å². The molecule has 1 aliphatic rings. The van der Waals surface area contributed by atoms with Crippen molar-refractivity contribution in [2.24, 2.45) is 0 Å². The zero-order valence-electron chi connectivity index (χ0n) is 17.4. The number of aromatic nitrogens is 1. The van der Waals surface area contributed by atoms with Gasteiger partial charge in [-0.2, -0.15) is 4.31 Å². The molecule has 30 heavy (non-hydrogen) atoms. The number of sulfonamides is 1. The second kappa shape index (κ2) is 7.81. The maximum Gasteiger partial charge on any atom is 0.258 e. The molecular formula is C23H25N3O3S. The van der Waals surface area contributed by atoms with Gasteiger partial charge in [-0.25, -0.2) is 8.42 Å². The molecule has 2 aromatic carbocycles. The van der Waals surface area contributed by atoms with E-state index in [0.717, 1.165) is 27.8 Å². The largest absolute Gasteiger partial charge is 0.308 e. The molecule has 0 unspecified atom stereocenters. The van der Waals surface area contributed by atoms with E-state index in [1.165, 1.54) is 4.31 Å². The van der Waals surface area contributed by atoms with Gasteiger partial charge < -0.3 is 4.90 Å². The first-order valence-electron chi connectivity index (χ1n) is 10.2. The second-order valence-electron chi connectivity index (χ2n) is 7.45. The first-order valence-corrected chi connectivity index (χ1v) is 11.6. The zero-order chi connectivity index (χ0) is 21.5. The van der Waals surface area contributed by atoms with Gasteiger partial charge in [0.2, 0.25) is 10.0 Å². The molecule has 6 nitrogen and oxygen atoms in total. The van der Waals surface area contributed by atoms with Crippen LogP contribution in [0.25, 0.3) is 10.9 Å². The molecule has 1 aliphatic heterocycles. The van der Waals surface area contributed by atoms with E-state index in [2.05, 4.69) is 4.98 Å². The molecule has 1 amide bonds. The number of nitrogens with zero attached hydrogens (tertiary/aromatic N) is 3. The average Bonchev–Trinajstić information content (AvgIpc) is 3.16. The number of amides is 1. The topological polar surface area (TPSA) is 70.6 Å². The molecule has 0 fully saturated rings. The van der Waals surface area contributed by atoms with Crippen molar-refractivity contribution in [2.45, 2.75) is 32.1 Å². The van der Waals surface area contributed by atoms with Gasteiger partial charge in [0.25, 0.3) is 5.91 Å². The number of fused-ring (bicyclic) bond motifs is 2. The maximum atomic E-state index is 13.2. The fraction of sp³-hybridized carbons (Fsp3) is 0.304. The van der Waals surface area contributed by atoms with Crippen molar-refractivity contribution >= 4 is 32.5 Å². The monoisotopic (exact) mass is 423 g/mol. The molecule has 0 radical (unpaired) electrons. The number of hydrogen-bond donors (Lipinski definition) is 0. The van der Waals surface area contributed by atoms with Gasteiger partial charge in [0.1, 0.15) is 0 Å². The standard InChI is InChI=1S/C23H25N3O3S/c1-4-25(5-2)30(28,29)20-9-11-22-18(15-20)12-13-26(22)23(27)19-8-10-21-17(14-19)7-6-16(3)24-21/h6-11,14-15H,4-5,12-13H2,1-3H3. The fourth-order valence-corrected chi connectivity index (χ4v) is 5.49. The van der Waals surface area contributed by atoms with Crippen LogP contribution < -0.4 is 4.90 Å². The minimum Gasteiger partial charge on any atom is -0.308 e. The van der Waals surface area contributed by atoms with Crippen LogP contribution in [0.15, 0.2) is 53.4 Å². The molecule has 0 saturated carbocycles. The minimum atomic E-state index is -3.52. The molecular weight excluding hydrogens is 398 g/mol. The Hall–Kier alpha value is -2.77. The first kappa shape index (κ1) is 20.5. The number of benzene rings is 2. The number of carbonyl (C=O) groups is 1. The highest BCUT2D eigenvalue weighted by Gasteiger charge is 2.29. The van der Waals surface area contributed by atoms with Gasteiger partial charge in [0.15, 0.2) is 0 Å². The molecule has 4 rings (SSSR count). The van der Waals surface area contributed by atoms with Gasteiger partial charge in [-0.1, -0.05) is 19.9 Å². The summed E-state index contributed by atoms with van der Waals surface area (Å²) >= 11 is 0. The Morgan fingerprint density at radius 2 is 1.83 bits per heavy atom. The molecule has 7 heteroatoms. The minimum absolute atomic E-state index is 0.0874. The summed E-state index contributed by atoms with van der Waals surface area (Å²) in [6, 6.07) is 14.5. The summed E-state index contributed by atoms with van der Waals surface area (Å²) in [6.07, 6.45) is 0.636. The number of hydrogen-bond acceptors (Lipinski definition) is 4. The molecule has 2 heterocycles. The van der Waals surface area contributed by atoms with E-state index in [1.807, 2.05) is 45.0 Å². The summed E-state index contributed by atoms with van der Waals surface area (Å²) in [4.78, 5) is 19.7. The van der Waals surface area contributed by atoms with E-state index in [-0.39, 0.29) is 10.8 Å². The lowest BCUT2D eigenvalue weighted by Crippen LogP contribution is -2.30. The summed E-state index contributed by atoms with van der Waals surface area (Å²) < 4.78 is 27.1. The third-order valence-corrected chi connectivity index (χ3v) is 7.66. The van der Waals surface area contributed by atoms with Crippen LogP contribution in [0.3, 0.4) is 0 Å². The highest BCUT2D eigenvalue weighted by atomic mass is 32.2. The van der Waals surface area contributed by atoms with E-state index in [9.17, 15) is 13.2 Å². The van der Waals surface area contributed by atoms with Crippen molar-refractivity contribution in [1.29, 1.82) is 0 Å². The fourth-order valence-electron chi connectivity index (χ4n) is 3.98. The lowest BCUT2D eigenvalue weighted by Gasteiger charge is -2.20. The second-order valence-corrected chi connectivity index (χ2v) is 9.38. The zero-order valence-corrected chi connectivity index (χ0v) is 18.2. The summed E-state index contributed by atoms with van der Waals surface area (Å²) in [6.45, 7) is 6.99. The summed E-state index contributed by atoms with van der Waals surface area (Å²) in [5.41, 5.74) is 4.06. The molecule has 1 aromatic heterocycles. The van der Waals surface area contributed by atoms with Gasteiger partial charge in [-0.05, 0) is 61.4 Å². The van der Waals surface area contributed by atoms with Crippen molar-refractivity contribution in [2.75, 3.05) is 24.5 Å². The number of carbonyl (C=O) groups excluding carboxylic acids is 1. The Labute approximate surface area is 177 Å². The van der Waals surface area contributed by atoms with Crippen LogP contribution in [-0.2, 0) is 16.4 Å². The van der Waals surface area contributed by atoms with Crippen LogP contribution in [0.2, 0.25) is 0 Å². The highest BCUT2D eigenvalue weighted by Crippen LogP contribution is 2.32. The SMILES string of the molecule is CCN(CC)S(=O)(=O)c1ccc2c(c1)CCN2C(=O)c1ccc2nc(C)ccc2c1. The average molecular weight is 424 g/mol. The van der Waals surface area contributed by atoms with E-state index >= 15 is 0 Å². The Kier molecular flexibility index (Phi) is 5.34. The molecule has 0 bridgehead atoms. The Balaban J connectivity index is 1.65. The third-order valence-electron chi connectivity index (χ3n) is 5.61. The van der Waals surface area contributed by atoms with Gasteiger partial charge >= 0.3 is 0 Å². The van der Waals surface area contributed by atoms with Crippen molar-refractivity contribution in [3.63, 3.8) is 0 Å². The quantitative estimate of drug-likeness (QED) is 0.626. The molecule has 0 N–H and O–H groups in total. The molecule has 0 saturated heterocycles. The lowest BCUT2D eigenvalue weighted by atomic mass is 10.1. The Morgan fingerprint density at radius 1 is 1.07 bits per heavy atom. The van der Waals surface area contributed by atoms with Crippen LogP contribution in [0, 0.1) is 6.92 Å². The van der Waals surface area contributed by atoms with Gasteiger partial charge in [-0.15, -0.1) is 0 Å². The first-order chi connectivity index (χ1) is 14.3. The number of rotatable bonds is 5. The Morgan fingerprint density at radius 3 is 2.57 bits per heavy atom. The Bertz CT molecular complexity index is 1230. The van der Waals surface area contributed by atoms with Crippen molar-refractivity contribution in [3.8, 4) is 0 Å². The van der Waals surface area contributed by atoms with E-state index in [0.29, 0.717) is 31.6 Å². The van der Waals surface area contributed by atoms with Crippen molar-refractivity contribution in [1.82, 2.24) is 9.29 Å².